The summed E-state index contributed by atoms with van der Waals surface area (Å²) in [4.78, 5) is 12.1. The Hall–Kier alpha value is -2.55. The van der Waals surface area contributed by atoms with Crippen LogP contribution in [0.5, 0.6) is 0 Å². The van der Waals surface area contributed by atoms with E-state index >= 15 is 0 Å². The third kappa shape index (κ3) is 3.06. The normalized spacial score (nSPS) is 9.65. The van der Waals surface area contributed by atoms with Crippen LogP contribution in [0.3, 0.4) is 0 Å². The Morgan fingerprint density at radius 3 is 2.70 bits per heavy atom. The smallest absolute Gasteiger partial charge is 0.257 e. The molecule has 0 atom stereocenters. The second-order valence-electron chi connectivity index (χ2n) is 3.95. The maximum atomic E-state index is 12.1. The van der Waals surface area contributed by atoms with Gasteiger partial charge in [0.25, 0.3) is 5.91 Å². The minimum atomic E-state index is -0.429. The Morgan fingerprint density at radius 1 is 1.20 bits per heavy atom. The van der Waals surface area contributed by atoms with Crippen LogP contribution in [-0.4, -0.2) is 11.1 Å². The van der Waals surface area contributed by atoms with Gasteiger partial charge < -0.3 is 5.32 Å². The molecule has 20 heavy (non-hydrogen) atoms. The summed E-state index contributed by atoms with van der Waals surface area (Å²) < 4.78 is 0. The van der Waals surface area contributed by atoms with E-state index < -0.39 is 5.91 Å². The maximum Gasteiger partial charge on any atom is 0.257 e. The summed E-state index contributed by atoms with van der Waals surface area (Å²) in [5.41, 5.74) is 3.45. The zero-order chi connectivity index (χ0) is 14.5. The van der Waals surface area contributed by atoms with E-state index in [4.69, 9.17) is 22.1 Å². The maximum absolute atomic E-state index is 12.1. The lowest BCUT2D eigenvalue weighted by Gasteiger charge is -2.08. The highest BCUT2D eigenvalue weighted by atomic mass is 35.5. The summed E-state index contributed by atoms with van der Waals surface area (Å²) in [7, 11) is 0. The van der Waals surface area contributed by atoms with Crippen molar-refractivity contribution in [3.05, 3.63) is 58.6 Å². The monoisotopic (exact) mass is 287 g/mol. The van der Waals surface area contributed by atoms with Crippen molar-refractivity contribution in [2.24, 2.45) is 0 Å². The molecular weight excluding hydrogens is 278 g/mol. The molecule has 0 spiro atoms. The second-order valence-corrected chi connectivity index (χ2v) is 4.36. The van der Waals surface area contributed by atoms with Crippen molar-refractivity contribution in [3.8, 4) is 6.07 Å². The molecule has 6 heteroatoms. The van der Waals surface area contributed by atoms with Gasteiger partial charge in [0.05, 0.1) is 27.9 Å². The van der Waals surface area contributed by atoms with Gasteiger partial charge in [-0.1, -0.05) is 17.7 Å². The third-order valence-corrected chi connectivity index (χ3v) is 2.92. The van der Waals surface area contributed by atoms with Crippen molar-refractivity contribution in [3.63, 3.8) is 0 Å². The van der Waals surface area contributed by atoms with Gasteiger partial charge in [-0.3, -0.25) is 15.5 Å². The first-order valence-corrected chi connectivity index (χ1v) is 6.03. The highest BCUT2D eigenvalue weighted by Gasteiger charge is 2.11. The van der Waals surface area contributed by atoms with E-state index in [9.17, 15) is 4.79 Å². The topological polar surface area (TPSA) is 85.2 Å². The molecule has 0 unspecified atom stereocenters. The fourth-order valence-electron chi connectivity index (χ4n) is 1.63. The summed E-state index contributed by atoms with van der Waals surface area (Å²) in [6.45, 7) is 0. The number of nitriles is 1. The Balaban J connectivity index is 2.26. The molecule has 0 aliphatic carbocycles. The number of anilines is 2. The van der Waals surface area contributed by atoms with Crippen LogP contribution in [0, 0.1) is 11.3 Å². The van der Waals surface area contributed by atoms with Crippen LogP contribution in [0.25, 0.3) is 0 Å². The number of hydrogen-bond donors (Lipinski definition) is 3. The fourth-order valence-corrected chi connectivity index (χ4v) is 1.84. The Kier molecular flexibility index (Phi) is 4.20. The van der Waals surface area contributed by atoms with Crippen LogP contribution in [0.4, 0.5) is 11.4 Å². The molecule has 0 heterocycles. The highest BCUT2D eigenvalue weighted by molar-refractivity contribution is 6.34. The van der Waals surface area contributed by atoms with Gasteiger partial charge >= 0.3 is 0 Å². The zero-order valence-corrected chi connectivity index (χ0v) is 11.0. The number of rotatable bonds is 3. The number of amides is 1. The molecule has 100 valence electrons. The zero-order valence-electron chi connectivity index (χ0n) is 10.2. The molecule has 1 amide bonds. The van der Waals surface area contributed by atoms with Gasteiger partial charge in [-0.2, -0.15) is 5.26 Å². The first kappa shape index (κ1) is 13.9. The lowest BCUT2D eigenvalue weighted by molar-refractivity contribution is 0.102. The summed E-state index contributed by atoms with van der Waals surface area (Å²) >= 11 is 5.95. The number of hydrogen-bond acceptors (Lipinski definition) is 4. The van der Waals surface area contributed by atoms with Crippen LogP contribution in [0.2, 0.25) is 5.02 Å². The first-order valence-electron chi connectivity index (χ1n) is 5.65. The molecule has 0 saturated heterocycles. The van der Waals surface area contributed by atoms with Gasteiger partial charge in [-0.25, -0.2) is 0 Å². The van der Waals surface area contributed by atoms with Crippen LogP contribution in [0.1, 0.15) is 15.9 Å². The molecule has 2 rings (SSSR count). The van der Waals surface area contributed by atoms with Crippen LogP contribution in [-0.2, 0) is 0 Å². The van der Waals surface area contributed by atoms with Crippen molar-refractivity contribution >= 4 is 28.9 Å². The van der Waals surface area contributed by atoms with Crippen LogP contribution < -0.4 is 10.8 Å². The Labute approximate surface area is 120 Å². The van der Waals surface area contributed by atoms with Gasteiger partial charge in [0, 0.05) is 5.69 Å². The van der Waals surface area contributed by atoms with E-state index in [2.05, 4.69) is 5.32 Å². The predicted octanol–water partition coefficient (Wildman–Crippen LogP) is 3.27. The largest absolute Gasteiger partial charge is 0.322 e. The molecule has 3 N–H and O–H groups in total. The Bertz CT molecular complexity index is 695. The number of carbonyl (C=O) groups excluding carboxylic acids is 1. The van der Waals surface area contributed by atoms with Gasteiger partial charge in [-0.05, 0) is 36.4 Å². The van der Waals surface area contributed by atoms with Crippen LogP contribution in [0.15, 0.2) is 42.5 Å². The van der Waals surface area contributed by atoms with Crippen molar-refractivity contribution in [2.75, 3.05) is 10.8 Å². The molecule has 2 aromatic rings. The van der Waals surface area contributed by atoms with Crippen molar-refractivity contribution in [2.45, 2.75) is 0 Å². The van der Waals surface area contributed by atoms with Crippen molar-refractivity contribution < 1.29 is 10.0 Å². The number of nitrogens with zero attached hydrogens (tertiary/aromatic N) is 1. The minimum absolute atomic E-state index is 0.216. The minimum Gasteiger partial charge on any atom is -0.322 e. The average molecular weight is 288 g/mol. The van der Waals surface area contributed by atoms with Gasteiger partial charge in [0.2, 0.25) is 0 Å². The molecule has 0 aromatic heterocycles. The van der Waals surface area contributed by atoms with Crippen LogP contribution >= 0.6 is 11.6 Å². The van der Waals surface area contributed by atoms with Crippen molar-refractivity contribution in [1.82, 2.24) is 0 Å². The second kappa shape index (κ2) is 6.06. The lowest BCUT2D eigenvalue weighted by atomic mass is 10.1. The molecule has 2 aromatic carbocycles. The third-order valence-electron chi connectivity index (χ3n) is 2.59. The van der Waals surface area contributed by atoms with E-state index in [-0.39, 0.29) is 10.6 Å². The Morgan fingerprint density at radius 2 is 2.00 bits per heavy atom. The number of benzene rings is 2. The van der Waals surface area contributed by atoms with Gasteiger partial charge in [0.1, 0.15) is 0 Å². The summed E-state index contributed by atoms with van der Waals surface area (Å²) in [5.74, 6) is -0.429. The van der Waals surface area contributed by atoms with E-state index in [1.165, 1.54) is 18.2 Å². The predicted molar refractivity (Wildman–Crippen MR) is 76.0 cm³/mol. The van der Waals surface area contributed by atoms with E-state index in [0.29, 0.717) is 16.9 Å². The fraction of sp³-hybridized carbons (Fsp3) is 0. The molecule has 0 bridgehead atoms. The van der Waals surface area contributed by atoms with Gasteiger partial charge in [-0.15, -0.1) is 0 Å². The number of carbonyl (C=O) groups is 1. The summed E-state index contributed by atoms with van der Waals surface area (Å²) in [6.07, 6.45) is 0. The molecule has 0 aliphatic heterocycles. The quantitative estimate of drug-likeness (QED) is 0.756. The van der Waals surface area contributed by atoms with E-state index in [1.807, 2.05) is 11.5 Å². The van der Waals surface area contributed by atoms with E-state index in [1.54, 1.807) is 24.3 Å². The highest BCUT2D eigenvalue weighted by Crippen LogP contribution is 2.21. The molecular formula is C14H10ClN3O2. The molecule has 5 nitrogen and oxygen atoms in total. The number of halogens is 1. The first-order chi connectivity index (χ1) is 9.63. The molecule has 0 fully saturated rings. The number of nitrogens with one attached hydrogen (secondary N) is 2. The lowest BCUT2D eigenvalue weighted by Crippen LogP contribution is -2.13. The average Bonchev–Trinajstić information content (AvgIpc) is 2.47. The SMILES string of the molecule is N#Cc1cccc(NC(=O)c2cc(NO)ccc2Cl)c1. The molecule has 0 saturated carbocycles. The molecule has 0 aliphatic rings. The standard InChI is InChI=1S/C14H10ClN3O2/c15-13-5-4-11(18-20)7-12(13)14(19)17-10-3-1-2-9(6-10)8-16/h1-7,18,20H,(H,17,19). The van der Waals surface area contributed by atoms with Gasteiger partial charge in [0.15, 0.2) is 0 Å². The summed E-state index contributed by atoms with van der Waals surface area (Å²) in [6, 6.07) is 13.0. The molecule has 0 radical (unpaired) electrons. The van der Waals surface area contributed by atoms with Crippen molar-refractivity contribution in [1.29, 1.82) is 5.26 Å². The van der Waals surface area contributed by atoms with E-state index in [0.717, 1.165) is 0 Å². The summed E-state index contributed by atoms with van der Waals surface area (Å²) in [5, 5.41) is 20.5.